The van der Waals surface area contributed by atoms with E-state index in [0.717, 1.165) is 5.69 Å². The van der Waals surface area contributed by atoms with Crippen LogP contribution < -0.4 is 10.1 Å². The maximum atomic E-state index is 12.5. The number of hydrogen-bond donors (Lipinski definition) is 1. The third kappa shape index (κ3) is 4.03. The van der Waals surface area contributed by atoms with Crippen molar-refractivity contribution < 1.29 is 9.53 Å². The molecule has 0 saturated heterocycles. The summed E-state index contributed by atoms with van der Waals surface area (Å²) >= 11 is 6.10. The third-order valence-corrected chi connectivity index (χ3v) is 4.09. The number of aromatic nitrogens is 3. The van der Waals surface area contributed by atoms with Gasteiger partial charge in [0.1, 0.15) is 11.6 Å². The van der Waals surface area contributed by atoms with Crippen molar-refractivity contribution in [2.75, 3.05) is 5.32 Å². The van der Waals surface area contributed by atoms with Crippen LogP contribution in [0.25, 0.3) is 5.69 Å². The van der Waals surface area contributed by atoms with Gasteiger partial charge in [-0.05, 0) is 37.6 Å². The molecule has 1 heterocycles. The van der Waals surface area contributed by atoms with Crippen molar-refractivity contribution in [1.29, 1.82) is 0 Å². The van der Waals surface area contributed by atoms with E-state index in [2.05, 4.69) is 15.4 Å². The van der Waals surface area contributed by atoms with Crippen molar-refractivity contribution in [3.8, 4) is 11.4 Å². The van der Waals surface area contributed by atoms with E-state index in [-0.39, 0.29) is 11.9 Å². The minimum atomic E-state index is -0.695. The fourth-order valence-electron chi connectivity index (χ4n) is 2.46. The average Bonchev–Trinajstić information content (AvgIpc) is 3.01. The smallest absolute Gasteiger partial charge is 0.267 e. The summed E-state index contributed by atoms with van der Waals surface area (Å²) in [6.07, 6.45) is -0.214. The Kier molecular flexibility index (Phi) is 5.53. The Hall–Kier alpha value is -2.86. The number of carbonyl (C=O) groups excluding carboxylic acids is 1. The van der Waals surface area contributed by atoms with E-state index < -0.39 is 6.10 Å². The first kappa shape index (κ1) is 17.9. The van der Waals surface area contributed by atoms with Gasteiger partial charge >= 0.3 is 0 Å². The van der Waals surface area contributed by atoms with E-state index >= 15 is 0 Å². The minimum absolute atomic E-state index is 0.234. The molecule has 0 aliphatic rings. The minimum Gasteiger partial charge on any atom is -0.479 e. The molecule has 3 rings (SSSR count). The number of carbonyl (C=O) groups is 1. The number of para-hydroxylation sites is 2. The summed E-state index contributed by atoms with van der Waals surface area (Å²) in [7, 11) is 0. The first-order valence-electron chi connectivity index (χ1n) is 8.29. The molecular weight excluding hydrogens is 352 g/mol. The van der Waals surface area contributed by atoms with Crippen molar-refractivity contribution in [2.45, 2.75) is 26.4 Å². The van der Waals surface area contributed by atoms with E-state index in [9.17, 15) is 4.79 Å². The molecule has 1 amide bonds. The van der Waals surface area contributed by atoms with Crippen LogP contribution in [0.1, 0.15) is 19.2 Å². The van der Waals surface area contributed by atoms with Gasteiger partial charge in [-0.3, -0.25) is 10.1 Å². The van der Waals surface area contributed by atoms with E-state index in [1.165, 1.54) is 0 Å². The molecule has 1 unspecified atom stereocenters. The molecule has 6 nitrogen and oxygen atoms in total. The van der Waals surface area contributed by atoms with Crippen molar-refractivity contribution in [2.24, 2.45) is 0 Å². The van der Waals surface area contributed by atoms with Crippen LogP contribution in [-0.4, -0.2) is 26.8 Å². The molecule has 0 radical (unpaired) electrons. The number of nitrogens with zero attached hydrogens (tertiary/aromatic N) is 3. The Morgan fingerprint density at radius 2 is 1.88 bits per heavy atom. The summed E-state index contributed by atoms with van der Waals surface area (Å²) in [4.78, 5) is 16.9. The Labute approximate surface area is 156 Å². The highest BCUT2D eigenvalue weighted by Crippen LogP contribution is 2.25. The SMILES string of the molecule is CCC(Oc1ccccc1Cl)C(=O)Nc1nc(C)n(-c2ccccc2)n1. The van der Waals surface area contributed by atoms with Gasteiger partial charge in [-0.1, -0.05) is 48.9 Å². The van der Waals surface area contributed by atoms with Crippen LogP contribution in [0.4, 0.5) is 5.95 Å². The lowest BCUT2D eigenvalue weighted by Gasteiger charge is -2.17. The number of hydrogen-bond acceptors (Lipinski definition) is 4. The van der Waals surface area contributed by atoms with E-state index in [1.807, 2.05) is 44.2 Å². The summed E-state index contributed by atoms with van der Waals surface area (Å²) in [5, 5.41) is 7.53. The normalized spacial score (nSPS) is 11.8. The lowest BCUT2D eigenvalue weighted by molar-refractivity contribution is -0.122. The molecule has 0 spiro atoms. The van der Waals surface area contributed by atoms with Crippen LogP contribution in [0, 0.1) is 6.92 Å². The summed E-state index contributed by atoms with van der Waals surface area (Å²) in [5.74, 6) is 1.05. The zero-order chi connectivity index (χ0) is 18.5. The van der Waals surface area contributed by atoms with Crippen LogP contribution >= 0.6 is 11.6 Å². The zero-order valence-corrected chi connectivity index (χ0v) is 15.3. The van der Waals surface area contributed by atoms with E-state index in [0.29, 0.717) is 23.0 Å². The molecule has 0 aliphatic carbocycles. The molecular formula is C19H19ClN4O2. The van der Waals surface area contributed by atoms with Gasteiger partial charge in [0.15, 0.2) is 6.10 Å². The van der Waals surface area contributed by atoms with E-state index in [1.54, 1.807) is 28.9 Å². The first-order chi connectivity index (χ1) is 12.6. The Morgan fingerprint density at radius 3 is 2.58 bits per heavy atom. The topological polar surface area (TPSA) is 69.0 Å². The number of rotatable bonds is 6. The van der Waals surface area contributed by atoms with Gasteiger partial charge in [0.2, 0.25) is 5.95 Å². The summed E-state index contributed by atoms with van der Waals surface area (Å²) in [6, 6.07) is 16.6. The first-order valence-corrected chi connectivity index (χ1v) is 8.67. The molecule has 26 heavy (non-hydrogen) atoms. The molecule has 7 heteroatoms. The Balaban J connectivity index is 1.73. The van der Waals surface area contributed by atoms with Gasteiger partial charge in [-0.2, -0.15) is 4.98 Å². The number of halogens is 1. The fourth-order valence-corrected chi connectivity index (χ4v) is 2.64. The molecule has 3 aromatic rings. The van der Waals surface area contributed by atoms with Gasteiger partial charge in [-0.15, -0.1) is 5.10 Å². The highest BCUT2D eigenvalue weighted by Gasteiger charge is 2.21. The van der Waals surface area contributed by atoms with Gasteiger partial charge < -0.3 is 4.74 Å². The highest BCUT2D eigenvalue weighted by atomic mass is 35.5. The van der Waals surface area contributed by atoms with Crippen molar-refractivity contribution in [3.63, 3.8) is 0 Å². The monoisotopic (exact) mass is 370 g/mol. The van der Waals surface area contributed by atoms with Gasteiger partial charge in [0.25, 0.3) is 5.91 Å². The summed E-state index contributed by atoms with van der Waals surface area (Å²) < 4.78 is 7.42. The number of aryl methyl sites for hydroxylation is 1. The third-order valence-electron chi connectivity index (χ3n) is 3.77. The lowest BCUT2D eigenvalue weighted by atomic mass is 10.2. The number of nitrogens with one attached hydrogen (secondary N) is 1. The second kappa shape index (κ2) is 8.01. The molecule has 0 saturated carbocycles. The average molecular weight is 371 g/mol. The molecule has 1 atom stereocenters. The van der Waals surface area contributed by atoms with Crippen molar-refractivity contribution in [3.05, 3.63) is 65.4 Å². The van der Waals surface area contributed by atoms with Crippen LogP contribution in [-0.2, 0) is 4.79 Å². The molecule has 134 valence electrons. The second-order valence-electron chi connectivity index (χ2n) is 5.66. The highest BCUT2D eigenvalue weighted by molar-refractivity contribution is 6.32. The lowest BCUT2D eigenvalue weighted by Crippen LogP contribution is -2.32. The maximum Gasteiger partial charge on any atom is 0.267 e. The molecule has 1 N–H and O–H groups in total. The maximum absolute atomic E-state index is 12.5. The quantitative estimate of drug-likeness (QED) is 0.711. The number of anilines is 1. The molecule has 0 bridgehead atoms. The predicted molar refractivity (Wildman–Crippen MR) is 101 cm³/mol. The fraction of sp³-hybridized carbons (Fsp3) is 0.211. The van der Waals surface area contributed by atoms with Crippen molar-refractivity contribution >= 4 is 23.5 Å². The second-order valence-corrected chi connectivity index (χ2v) is 6.07. The number of amides is 1. The largest absolute Gasteiger partial charge is 0.479 e. The number of ether oxygens (including phenoxy) is 1. The summed E-state index contributed by atoms with van der Waals surface area (Å²) in [5.41, 5.74) is 0.873. The van der Waals surface area contributed by atoms with E-state index in [4.69, 9.17) is 16.3 Å². The van der Waals surface area contributed by atoms with Crippen LogP contribution in [0.15, 0.2) is 54.6 Å². The van der Waals surface area contributed by atoms with Crippen LogP contribution in [0.3, 0.4) is 0 Å². The molecule has 2 aromatic carbocycles. The zero-order valence-electron chi connectivity index (χ0n) is 14.5. The van der Waals surface area contributed by atoms with Crippen molar-refractivity contribution in [1.82, 2.24) is 14.8 Å². The summed E-state index contributed by atoms with van der Waals surface area (Å²) in [6.45, 7) is 3.69. The molecule has 1 aromatic heterocycles. The Bertz CT molecular complexity index is 896. The predicted octanol–water partition coefficient (Wildman–Crippen LogP) is 4.03. The Morgan fingerprint density at radius 1 is 1.19 bits per heavy atom. The van der Waals surface area contributed by atoms with Gasteiger partial charge in [-0.25, -0.2) is 4.68 Å². The van der Waals surface area contributed by atoms with Crippen LogP contribution in [0.2, 0.25) is 5.02 Å². The van der Waals surface area contributed by atoms with Gasteiger partial charge in [0.05, 0.1) is 10.7 Å². The molecule has 0 aliphatic heterocycles. The standard InChI is InChI=1S/C19H19ClN4O2/c1-3-16(26-17-12-8-7-11-15(17)20)18(25)22-19-21-13(2)24(23-19)14-9-5-4-6-10-14/h4-12,16H,3H2,1-2H3,(H,22,23,25). The number of benzene rings is 2. The molecule has 0 fully saturated rings. The van der Waals surface area contributed by atoms with Crippen LogP contribution in [0.5, 0.6) is 5.75 Å². The van der Waals surface area contributed by atoms with Gasteiger partial charge in [0, 0.05) is 0 Å².